The van der Waals surface area contributed by atoms with Crippen LogP contribution in [0, 0.1) is 13.8 Å². The van der Waals surface area contributed by atoms with Gasteiger partial charge < -0.3 is 0 Å². The van der Waals surface area contributed by atoms with Gasteiger partial charge in [0.1, 0.15) is 5.69 Å². The van der Waals surface area contributed by atoms with E-state index in [9.17, 15) is 9.59 Å². The number of Topliss-reactive ketones (excluding diaryl/α,β-unsaturated/α-hetero) is 1. The smallest absolute Gasteiger partial charge is 0.247 e. The van der Waals surface area contributed by atoms with Gasteiger partial charge in [-0.05, 0) is 20.3 Å². The van der Waals surface area contributed by atoms with E-state index in [1.807, 2.05) is 20.8 Å². The van der Waals surface area contributed by atoms with Crippen molar-refractivity contribution >= 4 is 11.7 Å². The molecular weight excluding hydrogens is 204 g/mol. The first-order valence-corrected chi connectivity index (χ1v) is 5.65. The van der Waals surface area contributed by atoms with Crippen molar-refractivity contribution in [3.8, 4) is 0 Å². The summed E-state index contributed by atoms with van der Waals surface area (Å²) >= 11 is 0. The van der Waals surface area contributed by atoms with E-state index < -0.39 is 0 Å². The predicted molar refractivity (Wildman–Crippen MR) is 61.9 cm³/mol. The van der Waals surface area contributed by atoms with E-state index >= 15 is 0 Å². The normalized spacial score (nSPS) is 10.5. The third kappa shape index (κ3) is 2.21. The largest absolute Gasteiger partial charge is 0.292 e. The van der Waals surface area contributed by atoms with Crippen LogP contribution in [0.1, 0.15) is 59.7 Å². The third-order valence-electron chi connectivity index (χ3n) is 2.65. The van der Waals surface area contributed by atoms with Crippen LogP contribution in [0.3, 0.4) is 0 Å². The fraction of sp³-hybridized carbons (Fsp3) is 0.583. The molecule has 0 unspecified atom stereocenters. The van der Waals surface area contributed by atoms with Gasteiger partial charge in [0.15, 0.2) is 5.78 Å². The van der Waals surface area contributed by atoms with Gasteiger partial charge in [-0.1, -0.05) is 13.8 Å². The maximum atomic E-state index is 11.8. The van der Waals surface area contributed by atoms with E-state index in [1.54, 1.807) is 6.92 Å². The van der Waals surface area contributed by atoms with Crippen molar-refractivity contribution < 1.29 is 9.59 Å². The lowest BCUT2D eigenvalue weighted by molar-refractivity contribution is 0.0858. The summed E-state index contributed by atoms with van der Waals surface area (Å²) in [5.74, 6) is -0.127. The van der Waals surface area contributed by atoms with E-state index in [0.29, 0.717) is 18.5 Å². The second-order valence-corrected chi connectivity index (χ2v) is 3.89. The molecule has 1 aromatic heterocycles. The third-order valence-corrected chi connectivity index (χ3v) is 2.65. The fourth-order valence-electron chi connectivity index (χ4n) is 1.60. The number of carbonyl (C=O) groups is 2. The van der Waals surface area contributed by atoms with Crippen molar-refractivity contribution in [1.82, 2.24) is 9.78 Å². The van der Waals surface area contributed by atoms with Crippen LogP contribution in [-0.2, 0) is 0 Å². The molecule has 16 heavy (non-hydrogen) atoms. The average Bonchev–Trinajstić information content (AvgIpc) is 2.55. The first kappa shape index (κ1) is 12.6. The minimum absolute atomic E-state index is 0.0254. The van der Waals surface area contributed by atoms with Crippen LogP contribution in [0.25, 0.3) is 0 Å². The molecule has 0 spiro atoms. The maximum Gasteiger partial charge on any atom is 0.247 e. The number of carbonyl (C=O) groups excluding carboxylic acids is 2. The zero-order chi connectivity index (χ0) is 12.3. The molecule has 0 aromatic carbocycles. The molecule has 1 rings (SSSR count). The summed E-state index contributed by atoms with van der Waals surface area (Å²) in [7, 11) is 0. The second kappa shape index (κ2) is 5.05. The van der Waals surface area contributed by atoms with Gasteiger partial charge in [-0.3, -0.25) is 9.59 Å². The highest BCUT2D eigenvalue weighted by molar-refractivity contribution is 5.99. The molecule has 0 N–H and O–H groups in total. The van der Waals surface area contributed by atoms with Crippen molar-refractivity contribution in [2.24, 2.45) is 0 Å². The number of ketones is 1. The van der Waals surface area contributed by atoms with E-state index in [2.05, 4.69) is 5.10 Å². The van der Waals surface area contributed by atoms with Crippen LogP contribution in [0.2, 0.25) is 0 Å². The molecule has 0 bridgehead atoms. The number of aromatic nitrogens is 2. The van der Waals surface area contributed by atoms with E-state index in [1.165, 1.54) is 4.68 Å². The summed E-state index contributed by atoms with van der Waals surface area (Å²) in [5.41, 5.74) is 2.02. The Morgan fingerprint density at radius 3 is 2.38 bits per heavy atom. The SMILES string of the molecule is CCCC(=O)n1nc(C)c(C)c1C(=O)CC. The van der Waals surface area contributed by atoms with E-state index in [4.69, 9.17) is 0 Å². The molecule has 0 aliphatic heterocycles. The molecule has 4 heteroatoms. The van der Waals surface area contributed by atoms with Gasteiger partial charge in [0, 0.05) is 18.4 Å². The van der Waals surface area contributed by atoms with Crippen LogP contribution < -0.4 is 0 Å². The highest BCUT2D eigenvalue weighted by atomic mass is 16.2. The van der Waals surface area contributed by atoms with Crippen LogP contribution in [0.15, 0.2) is 0 Å². The molecule has 0 saturated carbocycles. The highest BCUT2D eigenvalue weighted by Crippen LogP contribution is 2.15. The van der Waals surface area contributed by atoms with Gasteiger partial charge in [0.25, 0.3) is 0 Å². The molecule has 0 saturated heterocycles. The van der Waals surface area contributed by atoms with Crippen LogP contribution >= 0.6 is 0 Å². The van der Waals surface area contributed by atoms with Crippen LogP contribution in [0.4, 0.5) is 0 Å². The molecule has 0 radical (unpaired) electrons. The summed E-state index contributed by atoms with van der Waals surface area (Å²) in [5, 5.41) is 4.14. The number of rotatable bonds is 4. The Balaban J connectivity index is 3.23. The second-order valence-electron chi connectivity index (χ2n) is 3.89. The Morgan fingerprint density at radius 1 is 1.25 bits per heavy atom. The summed E-state index contributed by atoms with van der Waals surface area (Å²) < 4.78 is 1.28. The van der Waals surface area contributed by atoms with Gasteiger partial charge >= 0.3 is 0 Å². The van der Waals surface area contributed by atoms with Gasteiger partial charge in [0.05, 0.1) is 5.69 Å². The average molecular weight is 222 g/mol. The molecule has 88 valence electrons. The van der Waals surface area contributed by atoms with Crippen LogP contribution in [0.5, 0.6) is 0 Å². The first-order valence-electron chi connectivity index (χ1n) is 5.65. The van der Waals surface area contributed by atoms with Gasteiger partial charge in [0.2, 0.25) is 5.91 Å². The van der Waals surface area contributed by atoms with E-state index in [0.717, 1.165) is 17.7 Å². The van der Waals surface area contributed by atoms with Gasteiger partial charge in [-0.2, -0.15) is 9.78 Å². The molecule has 1 heterocycles. The quantitative estimate of drug-likeness (QED) is 0.735. The zero-order valence-corrected chi connectivity index (χ0v) is 10.3. The molecule has 4 nitrogen and oxygen atoms in total. The van der Waals surface area contributed by atoms with Crippen molar-refractivity contribution in [2.45, 2.75) is 47.0 Å². The topological polar surface area (TPSA) is 52.0 Å². The molecule has 0 aliphatic carbocycles. The first-order chi connectivity index (χ1) is 7.52. The Bertz CT molecular complexity index is 419. The molecule has 1 aromatic rings. The fourth-order valence-corrected chi connectivity index (χ4v) is 1.60. The summed E-state index contributed by atoms with van der Waals surface area (Å²) in [6.07, 6.45) is 1.58. The number of nitrogens with zero attached hydrogens (tertiary/aromatic N) is 2. The summed E-state index contributed by atoms with van der Waals surface area (Å²) in [4.78, 5) is 23.6. The molecule has 0 amide bonds. The van der Waals surface area contributed by atoms with Crippen molar-refractivity contribution in [3.05, 3.63) is 17.0 Å². The van der Waals surface area contributed by atoms with Crippen LogP contribution in [-0.4, -0.2) is 21.5 Å². The number of hydrogen-bond donors (Lipinski definition) is 0. The molecule has 0 atom stereocenters. The summed E-state index contributed by atoms with van der Waals surface area (Å²) in [6.45, 7) is 7.37. The van der Waals surface area contributed by atoms with E-state index in [-0.39, 0.29) is 11.7 Å². The standard InChI is InChI=1S/C12H18N2O2/c1-5-7-11(16)14-12(10(15)6-2)8(3)9(4)13-14/h5-7H2,1-4H3. The molecule has 0 fully saturated rings. The predicted octanol–water partition coefficient (Wildman–Crippen LogP) is 2.53. The number of aryl methyl sites for hydroxylation is 1. The van der Waals surface area contributed by atoms with Crippen molar-refractivity contribution in [2.75, 3.05) is 0 Å². The zero-order valence-electron chi connectivity index (χ0n) is 10.3. The monoisotopic (exact) mass is 222 g/mol. The maximum absolute atomic E-state index is 11.8. The highest BCUT2D eigenvalue weighted by Gasteiger charge is 2.20. The van der Waals surface area contributed by atoms with Gasteiger partial charge in [-0.15, -0.1) is 0 Å². The Labute approximate surface area is 95.6 Å². The van der Waals surface area contributed by atoms with Crippen molar-refractivity contribution in [3.63, 3.8) is 0 Å². The van der Waals surface area contributed by atoms with Gasteiger partial charge in [-0.25, -0.2) is 0 Å². The minimum atomic E-state index is -0.101. The lowest BCUT2D eigenvalue weighted by Crippen LogP contribution is -2.18. The number of hydrogen-bond acceptors (Lipinski definition) is 3. The minimum Gasteiger partial charge on any atom is -0.292 e. The summed E-state index contributed by atoms with van der Waals surface area (Å²) in [6, 6.07) is 0. The molecular formula is C12H18N2O2. The lowest BCUT2D eigenvalue weighted by atomic mass is 10.1. The Hall–Kier alpha value is -1.45. The molecule has 0 aliphatic rings. The Kier molecular flexibility index (Phi) is 3.99. The lowest BCUT2D eigenvalue weighted by Gasteiger charge is -2.04. The Morgan fingerprint density at radius 2 is 1.88 bits per heavy atom. The van der Waals surface area contributed by atoms with Crippen molar-refractivity contribution in [1.29, 1.82) is 0 Å².